The van der Waals surface area contributed by atoms with Crippen LogP contribution in [0.5, 0.6) is 0 Å². The second kappa shape index (κ2) is 3.37. The SMILES string of the molecule is CC1=CC=C(CCC(=O)O)C1. The van der Waals surface area contributed by atoms with E-state index in [1.807, 2.05) is 6.08 Å². The fraction of sp³-hybridized carbons (Fsp3) is 0.444. The molecule has 0 aromatic heterocycles. The number of aliphatic carboxylic acids is 1. The van der Waals surface area contributed by atoms with Gasteiger partial charge in [0.2, 0.25) is 0 Å². The van der Waals surface area contributed by atoms with Crippen LogP contribution in [0.4, 0.5) is 0 Å². The van der Waals surface area contributed by atoms with Gasteiger partial charge in [-0.25, -0.2) is 0 Å². The van der Waals surface area contributed by atoms with Gasteiger partial charge in [0.25, 0.3) is 0 Å². The van der Waals surface area contributed by atoms with E-state index in [0.29, 0.717) is 6.42 Å². The Morgan fingerprint density at radius 3 is 2.82 bits per heavy atom. The van der Waals surface area contributed by atoms with Gasteiger partial charge in [-0.05, 0) is 19.8 Å². The first-order valence-electron chi connectivity index (χ1n) is 3.75. The third kappa shape index (κ3) is 2.58. The zero-order chi connectivity index (χ0) is 8.27. The predicted octanol–water partition coefficient (Wildman–Crippen LogP) is 2.13. The van der Waals surface area contributed by atoms with E-state index in [0.717, 1.165) is 6.42 Å². The lowest BCUT2D eigenvalue weighted by molar-refractivity contribution is -0.136. The Kier molecular flexibility index (Phi) is 2.47. The van der Waals surface area contributed by atoms with Crippen molar-refractivity contribution in [3.05, 3.63) is 23.3 Å². The Bertz CT molecular complexity index is 224. The van der Waals surface area contributed by atoms with Crippen molar-refractivity contribution in [1.29, 1.82) is 0 Å². The maximum absolute atomic E-state index is 10.2. The number of carboxylic acid groups (broad SMARTS) is 1. The molecule has 2 heteroatoms. The van der Waals surface area contributed by atoms with Crippen LogP contribution >= 0.6 is 0 Å². The smallest absolute Gasteiger partial charge is 0.303 e. The molecule has 0 aliphatic heterocycles. The highest BCUT2D eigenvalue weighted by molar-refractivity contribution is 5.67. The third-order valence-electron chi connectivity index (χ3n) is 1.77. The lowest BCUT2D eigenvalue weighted by Gasteiger charge is -1.98. The first-order valence-corrected chi connectivity index (χ1v) is 3.75. The second-order valence-corrected chi connectivity index (χ2v) is 2.91. The summed E-state index contributed by atoms with van der Waals surface area (Å²) in [5.74, 6) is -0.713. The normalized spacial score (nSPS) is 16.1. The van der Waals surface area contributed by atoms with Gasteiger partial charge in [-0.1, -0.05) is 23.3 Å². The Balaban J connectivity index is 2.27. The molecule has 11 heavy (non-hydrogen) atoms. The van der Waals surface area contributed by atoms with E-state index in [1.165, 1.54) is 11.1 Å². The minimum absolute atomic E-state index is 0.257. The molecule has 1 aliphatic rings. The van der Waals surface area contributed by atoms with Gasteiger partial charge in [0, 0.05) is 6.42 Å². The number of hydrogen-bond donors (Lipinski definition) is 1. The minimum Gasteiger partial charge on any atom is -0.481 e. The molecule has 0 unspecified atom stereocenters. The molecule has 0 amide bonds. The van der Waals surface area contributed by atoms with Gasteiger partial charge in [-0.2, -0.15) is 0 Å². The molecule has 0 fully saturated rings. The number of carboxylic acids is 1. The molecule has 0 saturated heterocycles. The fourth-order valence-corrected chi connectivity index (χ4v) is 1.18. The monoisotopic (exact) mass is 152 g/mol. The highest BCUT2D eigenvalue weighted by atomic mass is 16.4. The average Bonchev–Trinajstić information content (AvgIpc) is 2.31. The van der Waals surface area contributed by atoms with Crippen LogP contribution < -0.4 is 0 Å². The number of carbonyl (C=O) groups is 1. The van der Waals surface area contributed by atoms with Crippen LogP contribution in [0.3, 0.4) is 0 Å². The van der Waals surface area contributed by atoms with E-state index in [9.17, 15) is 4.79 Å². The molecular weight excluding hydrogens is 140 g/mol. The van der Waals surface area contributed by atoms with E-state index in [-0.39, 0.29) is 6.42 Å². The average molecular weight is 152 g/mol. The van der Waals surface area contributed by atoms with Crippen LogP contribution in [-0.4, -0.2) is 11.1 Å². The molecule has 1 rings (SSSR count). The van der Waals surface area contributed by atoms with Crippen LogP contribution in [0.1, 0.15) is 26.2 Å². The first-order chi connectivity index (χ1) is 5.18. The molecule has 0 spiro atoms. The summed E-state index contributed by atoms with van der Waals surface area (Å²) in [7, 11) is 0. The summed E-state index contributed by atoms with van der Waals surface area (Å²) in [5, 5.41) is 8.40. The number of allylic oxidation sites excluding steroid dienone is 4. The van der Waals surface area contributed by atoms with E-state index in [1.54, 1.807) is 0 Å². The summed E-state index contributed by atoms with van der Waals surface area (Å²) in [4.78, 5) is 10.2. The van der Waals surface area contributed by atoms with Crippen LogP contribution in [0.25, 0.3) is 0 Å². The Morgan fingerprint density at radius 2 is 2.36 bits per heavy atom. The summed E-state index contributed by atoms with van der Waals surface area (Å²) in [6.07, 6.45) is 6.00. The molecule has 0 heterocycles. The van der Waals surface area contributed by atoms with E-state index in [4.69, 9.17) is 5.11 Å². The molecule has 0 bridgehead atoms. The molecule has 2 nitrogen and oxygen atoms in total. The van der Waals surface area contributed by atoms with Crippen molar-refractivity contribution >= 4 is 5.97 Å². The van der Waals surface area contributed by atoms with Gasteiger partial charge < -0.3 is 5.11 Å². The van der Waals surface area contributed by atoms with Crippen molar-refractivity contribution in [2.24, 2.45) is 0 Å². The van der Waals surface area contributed by atoms with Crippen LogP contribution in [0.15, 0.2) is 23.3 Å². The largest absolute Gasteiger partial charge is 0.481 e. The summed E-state index contributed by atoms with van der Waals surface area (Å²) in [6, 6.07) is 0. The van der Waals surface area contributed by atoms with Crippen molar-refractivity contribution in [3.8, 4) is 0 Å². The highest BCUT2D eigenvalue weighted by Gasteiger charge is 2.05. The molecule has 1 N–H and O–H groups in total. The Hall–Kier alpha value is -1.05. The second-order valence-electron chi connectivity index (χ2n) is 2.91. The standard InChI is InChI=1S/C9H12O2/c1-7-2-3-8(6-7)4-5-9(10)11/h2-3H,4-6H2,1H3,(H,10,11). The van der Waals surface area contributed by atoms with Crippen LogP contribution in [0.2, 0.25) is 0 Å². The molecule has 0 radical (unpaired) electrons. The lowest BCUT2D eigenvalue weighted by Crippen LogP contribution is -1.94. The Morgan fingerprint density at radius 1 is 1.64 bits per heavy atom. The van der Waals surface area contributed by atoms with Crippen molar-refractivity contribution in [3.63, 3.8) is 0 Å². The van der Waals surface area contributed by atoms with Crippen LogP contribution in [-0.2, 0) is 4.79 Å². The number of rotatable bonds is 3. The van der Waals surface area contributed by atoms with Crippen molar-refractivity contribution in [2.45, 2.75) is 26.2 Å². The van der Waals surface area contributed by atoms with E-state index in [2.05, 4.69) is 13.0 Å². The molecule has 0 saturated carbocycles. The maximum atomic E-state index is 10.2. The van der Waals surface area contributed by atoms with E-state index < -0.39 is 5.97 Å². The topological polar surface area (TPSA) is 37.3 Å². The third-order valence-corrected chi connectivity index (χ3v) is 1.77. The van der Waals surface area contributed by atoms with Gasteiger partial charge >= 0.3 is 5.97 Å². The summed E-state index contributed by atoms with van der Waals surface area (Å²) in [5.41, 5.74) is 2.57. The molecule has 0 atom stereocenters. The molecule has 0 aromatic rings. The van der Waals surface area contributed by atoms with Gasteiger partial charge in [0.1, 0.15) is 0 Å². The van der Waals surface area contributed by atoms with E-state index >= 15 is 0 Å². The maximum Gasteiger partial charge on any atom is 0.303 e. The lowest BCUT2D eigenvalue weighted by atomic mass is 10.1. The summed E-state index contributed by atoms with van der Waals surface area (Å²) < 4.78 is 0. The predicted molar refractivity (Wildman–Crippen MR) is 43.3 cm³/mol. The fourth-order valence-electron chi connectivity index (χ4n) is 1.18. The van der Waals surface area contributed by atoms with Crippen LogP contribution in [0, 0.1) is 0 Å². The molecule has 1 aliphatic carbocycles. The molecule has 60 valence electrons. The van der Waals surface area contributed by atoms with Gasteiger partial charge in [-0.3, -0.25) is 4.79 Å². The van der Waals surface area contributed by atoms with Gasteiger partial charge in [-0.15, -0.1) is 0 Å². The quantitative estimate of drug-likeness (QED) is 0.672. The minimum atomic E-state index is -0.713. The Labute approximate surface area is 66.2 Å². The zero-order valence-corrected chi connectivity index (χ0v) is 6.63. The van der Waals surface area contributed by atoms with Crippen molar-refractivity contribution < 1.29 is 9.90 Å². The van der Waals surface area contributed by atoms with Gasteiger partial charge in [0.05, 0.1) is 0 Å². The molecular formula is C9H12O2. The van der Waals surface area contributed by atoms with Crippen molar-refractivity contribution in [2.75, 3.05) is 0 Å². The molecule has 0 aromatic carbocycles. The zero-order valence-electron chi connectivity index (χ0n) is 6.63. The summed E-state index contributed by atoms with van der Waals surface area (Å²) in [6.45, 7) is 2.06. The number of hydrogen-bond acceptors (Lipinski definition) is 1. The first kappa shape index (κ1) is 8.05. The summed E-state index contributed by atoms with van der Waals surface area (Å²) >= 11 is 0. The van der Waals surface area contributed by atoms with Gasteiger partial charge in [0.15, 0.2) is 0 Å². The van der Waals surface area contributed by atoms with Crippen molar-refractivity contribution in [1.82, 2.24) is 0 Å². The highest BCUT2D eigenvalue weighted by Crippen LogP contribution is 2.21.